The highest BCUT2D eigenvalue weighted by Gasteiger charge is 2.29. The molecular formula is C16H27N3O. The number of nitrogens with zero attached hydrogens (tertiary/aromatic N) is 2. The molecule has 2 atom stereocenters. The van der Waals surface area contributed by atoms with Crippen molar-refractivity contribution in [2.75, 3.05) is 40.3 Å². The highest BCUT2D eigenvalue weighted by molar-refractivity contribution is 5.36. The van der Waals surface area contributed by atoms with E-state index in [0.29, 0.717) is 6.04 Å². The molecule has 4 nitrogen and oxygen atoms in total. The van der Waals surface area contributed by atoms with Crippen LogP contribution in [-0.4, -0.2) is 56.2 Å². The van der Waals surface area contributed by atoms with Crippen LogP contribution in [0.3, 0.4) is 0 Å². The van der Waals surface area contributed by atoms with Crippen LogP contribution in [-0.2, 0) is 0 Å². The normalized spacial score (nSPS) is 22.7. The Hall–Kier alpha value is -1.10. The zero-order valence-corrected chi connectivity index (χ0v) is 12.9. The number of benzene rings is 1. The standard InChI is InChI=1S/C16H27N3O/c1-4-11-20-15-8-6-5-7-13(15)16(17)14-12-18(2)9-10-19(14)3/h5-8,14,16H,4,9-12,17H2,1-3H3. The Morgan fingerprint density at radius 3 is 2.80 bits per heavy atom. The summed E-state index contributed by atoms with van der Waals surface area (Å²) >= 11 is 0. The lowest BCUT2D eigenvalue weighted by Crippen LogP contribution is -2.54. The first kappa shape index (κ1) is 15.3. The third kappa shape index (κ3) is 3.51. The zero-order valence-electron chi connectivity index (χ0n) is 12.9. The van der Waals surface area contributed by atoms with E-state index in [0.717, 1.165) is 44.0 Å². The smallest absolute Gasteiger partial charge is 0.124 e. The lowest BCUT2D eigenvalue weighted by molar-refractivity contribution is 0.0965. The van der Waals surface area contributed by atoms with Crippen molar-refractivity contribution in [1.29, 1.82) is 0 Å². The number of likely N-dealkylation sites (N-methyl/N-ethyl adjacent to an activating group) is 2. The van der Waals surface area contributed by atoms with Crippen molar-refractivity contribution in [3.63, 3.8) is 0 Å². The lowest BCUT2D eigenvalue weighted by atomic mass is 9.96. The summed E-state index contributed by atoms with van der Waals surface area (Å²) in [6, 6.07) is 8.49. The van der Waals surface area contributed by atoms with Gasteiger partial charge in [-0.05, 0) is 26.6 Å². The molecule has 20 heavy (non-hydrogen) atoms. The van der Waals surface area contributed by atoms with Crippen LogP contribution in [0.2, 0.25) is 0 Å². The quantitative estimate of drug-likeness (QED) is 0.890. The number of rotatable bonds is 5. The van der Waals surface area contributed by atoms with Gasteiger partial charge in [-0.25, -0.2) is 0 Å². The van der Waals surface area contributed by atoms with Crippen molar-refractivity contribution in [2.45, 2.75) is 25.4 Å². The second-order valence-corrected chi connectivity index (χ2v) is 5.72. The van der Waals surface area contributed by atoms with Crippen molar-refractivity contribution in [2.24, 2.45) is 5.73 Å². The van der Waals surface area contributed by atoms with Gasteiger partial charge in [0.25, 0.3) is 0 Å². The molecule has 1 aromatic carbocycles. The van der Waals surface area contributed by atoms with E-state index in [-0.39, 0.29) is 6.04 Å². The predicted molar refractivity (Wildman–Crippen MR) is 83.1 cm³/mol. The number of hydrogen-bond donors (Lipinski definition) is 1. The summed E-state index contributed by atoms with van der Waals surface area (Å²) in [6.07, 6.45) is 1.01. The molecule has 0 bridgehead atoms. The molecule has 2 rings (SSSR count). The van der Waals surface area contributed by atoms with Crippen molar-refractivity contribution >= 4 is 0 Å². The summed E-state index contributed by atoms with van der Waals surface area (Å²) in [5.41, 5.74) is 7.67. The molecule has 1 fully saturated rings. The number of hydrogen-bond acceptors (Lipinski definition) is 4. The van der Waals surface area contributed by atoms with E-state index < -0.39 is 0 Å². The fraction of sp³-hybridized carbons (Fsp3) is 0.625. The van der Waals surface area contributed by atoms with Gasteiger partial charge in [0.15, 0.2) is 0 Å². The maximum Gasteiger partial charge on any atom is 0.124 e. The Morgan fingerprint density at radius 2 is 2.05 bits per heavy atom. The van der Waals surface area contributed by atoms with E-state index in [1.165, 1.54) is 0 Å². The topological polar surface area (TPSA) is 41.7 Å². The molecule has 1 heterocycles. The third-order valence-corrected chi connectivity index (χ3v) is 4.05. The van der Waals surface area contributed by atoms with E-state index in [1.807, 2.05) is 18.2 Å². The number of para-hydroxylation sites is 1. The second kappa shape index (κ2) is 7.07. The fourth-order valence-electron chi connectivity index (χ4n) is 2.74. The molecule has 0 radical (unpaired) electrons. The predicted octanol–water partition coefficient (Wildman–Crippen LogP) is 1.72. The van der Waals surface area contributed by atoms with Gasteiger partial charge in [0, 0.05) is 31.2 Å². The first-order valence-corrected chi connectivity index (χ1v) is 7.49. The van der Waals surface area contributed by atoms with E-state index in [1.54, 1.807) is 0 Å². The van der Waals surface area contributed by atoms with Crippen molar-refractivity contribution < 1.29 is 4.74 Å². The summed E-state index contributed by atoms with van der Waals surface area (Å²) in [5.74, 6) is 0.934. The third-order valence-electron chi connectivity index (χ3n) is 4.05. The van der Waals surface area contributed by atoms with Crippen LogP contribution >= 0.6 is 0 Å². The van der Waals surface area contributed by atoms with Crippen LogP contribution in [0.15, 0.2) is 24.3 Å². The number of piperazine rings is 1. The van der Waals surface area contributed by atoms with Crippen molar-refractivity contribution in [3.8, 4) is 5.75 Å². The molecule has 0 spiro atoms. The Bertz CT molecular complexity index is 424. The zero-order chi connectivity index (χ0) is 14.5. The monoisotopic (exact) mass is 277 g/mol. The molecule has 1 aromatic rings. The molecule has 1 aliphatic heterocycles. The molecule has 112 valence electrons. The average Bonchev–Trinajstić information content (AvgIpc) is 2.47. The van der Waals surface area contributed by atoms with Crippen LogP contribution in [0.4, 0.5) is 0 Å². The summed E-state index contributed by atoms with van der Waals surface area (Å²) in [5, 5.41) is 0. The largest absolute Gasteiger partial charge is 0.493 e. The van der Waals surface area contributed by atoms with E-state index in [9.17, 15) is 0 Å². The van der Waals surface area contributed by atoms with Crippen molar-refractivity contribution in [1.82, 2.24) is 9.80 Å². The Balaban J connectivity index is 2.17. The molecule has 1 saturated heterocycles. The average molecular weight is 277 g/mol. The molecule has 4 heteroatoms. The Kier molecular flexibility index (Phi) is 5.40. The van der Waals surface area contributed by atoms with Crippen LogP contribution < -0.4 is 10.5 Å². The summed E-state index contributed by atoms with van der Waals surface area (Å²) < 4.78 is 5.85. The summed E-state index contributed by atoms with van der Waals surface area (Å²) in [6.45, 7) is 6.02. The number of ether oxygens (including phenoxy) is 1. The molecule has 0 amide bonds. The number of nitrogens with two attached hydrogens (primary N) is 1. The van der Waals surface area contributed by atoms with E-state index >= 15 is 0 Å². The molecule has 1 aliphatic rings. The van der Waals surface area contributed by atoms with Crippen LogP contribution in [0.5, 0.6) is 5.75 Å². The minimum absolute atomic E-state index is 0.0178. The van der Waals surface area contributed by atoms with Gasteiger partial charge in [0.1, 0.15) is 5.75 Å². The van der Waals surface area contributed by atoms with Crippen molar-refractivity contribution in [3.05, 3.63) is 29.8 Å². The summed E-state index contributed by atoms with van der Waals surface area (Å²) in [4.78, 5) is 4.71. The van der Waals surface area contributed by atoms with Gasteiger partial charge in [0.05, 0.1) is 12.6 Å². The minimum Gasteiger partial charge on any atom is -0.493 e. The van der Waals surface area contributed by atoms with E-state index in [4.69, 9.17) is 10.5 Å². The Morgan fingerprint density at radius 1 is 1.30 bits per heavy atom. The SMILES string of the molecule is CCCOc1ccccc1C(N)C1CN(C)CCN1C. The maximum atomic E-state index is 6.55. The van der Waals surface area contributed by atoms with Gasteiger partial charge in [0.2, 0.25) is 0 Å². The van der Waals surface area contributed by atoms with Gasteiger partial charge in [-0.3, -0.25) is 4.90 Å². The van der Waals surface area contributed by atoms with Crippen LogP contribution in [0, 0.1) is 0 Å². The molecule has 0 aliphatic carbocycles. The van der Waals surface area contributed by atoms with Crippen LogP contribution in [0.1, 0.15) is 24.9 Å². The molecule has 0 saturated carbocycles. The van der Waals surface area contributed by atoms with Gasteiger partial charge < -0.3 is 15.4 Å². The first-order valence-electron chi connectivity index (χ1n) is 7.49. The molecule has 2 unspecified atom stereocenters. The molecular weight excluding hydrogens is 250 g/mol. The molecule has 2 N–H and O–H groups in total. The van der Waals surface area contributed by atoms with Gasteiger partial charge in [-0.15, -0.1) is 0 Å². The maximum absolute atomic E-state index is 6.55. The lowest BCUT2D eigenvalue weighted by Gasteiger charge is -2.41. The minimum atomic E-state index is -0.0178. The van der Waals surface area contributed by atoms with Gasteiger partial charge in [-0.1, -0.05) is 25.1 Å². The fourth-order valence-corrected chi connectivity index (χ4v) is 2.74. The summed E-state index contributed by atoms with van der Waals surface area (Å²) in [7, 11) is 4.32. The first-order chi connectivity index (χ1) is 9.63. The highest BCUT2D eigenvalue weighted by atomic mass is 16.5. The molecule has 0 aromatic heterocycles. The van der Waals surface area contributed by atoms with Gasteiger partial charge >= 0.3 is 0 Å². The second-order valence-electron chi connectivity index (χ2n) is 5.72. The van der Waals surface area contributed by atoms with E-state index in [2.05, 4.69) is 36.9 Å². The van der Waals surface area contributed by atoms with Crippen LogP contribution in [0.25, 0.3) is 0 Å². The van der Waals surface area contributed by atoms with Gasteiger partial charge in [-0.2, -0.15) is 0 Å². The Labute approximate surface area is 122 Å². The highest BCUT2D eigenvalue weighted by Crippen LogP contribution is 2.28.